The van der Waals surface area contributed by atoms with E-state index in [0.717, 1.165) is 36.2 Å². The Morgan fingerprint density at radius 1 is 1.33 bits per heavy atom. The lowest BCUT2D eigenvalue weighted by Crippen LogP contribution is -2.38. The minimum Gasteiger partial charge on any atom is -0.327 e. The maximum absolute atomic E-state index is 9.18. The lowest BCUT2D eigenvalue weighted by Gasteiger charge is -2.20. The number of benzene rings is 1. The van der Waals surface area contributed by atoms with Gasteiger partial charge in [-0.1, -0.05) is 12.1 Å². The van der Waals surface area contributed by atoms with Crippen molar-refractivity contribution in [1.29, 1.82) is 10.5 Å². The van der Waals surface area contributed by atoms with E-state index in [0.29, 0.717) is 6.42 Å². The van der Waals surface area contributed by atoms with Crippen molar-refractivity contribution in [2.75, 3.05) is 7.05 Å². The predicted octanol–water partition coefficient (Wildman–Crippen LogP) is 2.38. The molecular formula is C16H19N5. The van der Waals surface area contributed by atoms with Gasteiger partial charge in [-0.2, -0.15) is 10.5 Å². The summed E-state index contributed by atoms with van der Waals surface area (Å²) < 4.78 is 2.09. The van der Waals surface area contributed by atoms with Crippen LogP contribution in [-0.4, -0.2) is 22.1 Å². The lowest BCUT2D eigenvalue weighted by molar-refractivity contribution is 0.423. The highest BCUT2D eigenvalue weighted by molar-refractivity contribution is 5.75. The molecule has 21 heavy (non-hydrogen) atoms. The van der Waals surface area contributed by atoms with Crippen LogP contribution in [0.4, 0.5) is 0 Å². The van der Waals surface area contributed by atoms with Gasteiger partial charge in [-0.25, -0.2) is 4.98 Å². The summed E-state index contributed by atoms with van der Waals surface area (Å²) in [5, 5.41) is 21.2. The normalized spacial score (nSPS) is 13.5. The van der Waals surface area contributed by atoms with Crippen LogP contribution < -0.4 is 5.32 Å². The van der Waals surface area contributed by atoms with Gasteiger partial charge in [-0.15, -0.1) is 0 Å². The molecule has 1 aromatic heterocycles. The van der Waals surface area contributed by atoms with E-state index in [1.165, 1.54) is 0 Å². The molecule has 0 aliphatic heterocycles. The highest BCUT2D eigenvalue weighted by Gasteiger charge is 2.20. The molecule has 0 amide bonds. The Balaban J connectivity index is 2.20. The van der Waals surface area contributed by atoms with Crippen molar-refractivity contribution < 1.29 is 0 Å². The standard InChI is InChI=1S/C16H19N5/c1-16(12-18,19-2)9-5-11-21-14-7-4-3-6-13(14)20-15(21)8-10-17/h3-4,6-7,19H,5,8-9,11H2,1-2H3. The minimum atomic E-state index is -0.508. The topological polar surface area (TPSA) is 77.4 Å². The molecular weight excluding hydrogens is 262 g/mol. The number of aromatic nitrogens is 2. The number of hydrogen-bond acceptors (Lipinski definition) is 4. The fourth-order valence-corrected chi connectivity index (χ4v) is 2.41. The van der Waals surface area contributed by atoms with Crippen molar-refractivity contribution in [3.05, 3.63) is 30.1 Å². The Morgan fingerprint density at radius 2 is 2.10 bits per heavy atom. The van der Waals surface area contributed by atoms with E-state index in [9.17, 15) is 5.26 Å². The molecule has 0 aliphatic rings. The number of imidazole rings is 1. The van der Waals surface area contributed by atoms with Gasteiger partial charge in [0.2, 0.25) is 0 Å². The lowest BCUT2D eigenvalue weighted by atomic mass is 9.98. The molecule has 0 aliphatic carbocycles. The molecule has 2 aromatic rings. The smallest absolute Gasteiger partial charge is 0.124 e. The number of fused-ring (bicyclic) bond motifs is 1. The average molecular weight is 281 g/mol. The van der Waals surface area contributed by atoms with Crippen LogP contribution in [0, 0.1) is 22.7 Å². The van der Waals surface area contributed by atoms with E-state index in [1.807, 2.05) is 31.2 Å². The largest absolute Gasteiger partial charge is 0.327 e. The second-order valence-corrected chi connectivity index (χ2v) is 5.30. The van der Waals surface area contributed by atoms with E-state index < -0.39 is 5.54 Å². The number of nitrogens with zero attached hydrogens (tertiary/aromatic N) is 4. The third-order valence-corrected chi connectivity index (χ3v) is 3.83. The number of nitriles is 2. The molecule has 1 unspecified atom stereocenters. The molecule has 0 saturated carbocycles. The average Bonchev–Trinajstić information content (AvgIpc) is 2.85. The molecule has 5 heteroatoms. The summed E-state index contributed by atoms with van der Waals surface area (Å²) in [7, 11) is 1.80. The third kappa shape index (κ3) is 3.21. The van der Waals surface area contributed by atoms with Gasteiger partial charge in [0.25, 0.3) is 0 Å². The predicted molar refractivity (Wildman–Crippen MR) is 81.4 cm³/mol. The first kappa shape index (κ1) is 15.0. The Morgan fingerprint density at radius 3 is 2.76 bits per heavy atom. The third-order valence-electron chi connectivity index (χ3n) is 3.83. The zero-order valence-electron chi connectivity index (χ0n) is 12.4. The van der Waals surface area contributed by atoms with E-state index in [4.69, 9.17) is 5.26 Å². The fraction of sp³-hybridized carbons (Fsp3) is 0.438. The van der Waals surface area contributed by atoms with Crippen LogP contribution in [0.5, 0.6) is 0 Å². The van der Waals surface area contributed by atoms with E-state index >= 15 is 0 Å². The van der Waals surface area contributed by atoms with Crippen molar-refractivity contribution >= 4 is 11.0 Å². The Hall–Kier alpha value is -2.37. The Labute approximate surface area is 124 Å². The van der Waals surface area contributed by atoms with Gasteiger partial charge in [0, 0.05) is 6.54 Å². The first-order valence-electron chi connectivity index (χ1n) is 7.05. The number of nitrogens with one attached hydrogen (secondary N) is 1. The SMILES string of the molecule is CNC(C)(C#N)CCCn1c(CC#N)nc2ccccc21. The minimum absolute atomic E-state index is 0.302. The van der Waals surface area contributed by atoms with E-state index in [-0.39, 0.29) is 0 Å². The van der Waals surface area contributed by atoms with Crippen molar-refractivity contribution in [3.63, 3.8) is 0 Å². The van der Waals surface area contributed by atoms with Crippen LogP contribution >= 0.6 is 0 Å². The highest BCUT2D eigenvalue weighted by Crippen LogP contribution is 2.19. The Kier molecular flexibility index (Phi) is 4.57. The fourth-order valence-electron chi connectivity index (χ4n) is 2.41. The summed E-state index contributed by atoms with van der Waals surface area (Å²) in [5.41, 5.74) is 1.46. The zero-order chi connectivity index (χ0) is 15.3. The van der Waals surface area contributed by atoms with Gasteiger partial charge >= 0.3 is 0 Å². The number of para-hydroxylation sites is 2. The quantitative estimate of drug-likeness (QED) is 0.882. The van der Waals surface area contributed by atoms with Crippen LogP contribution in [-0.2, 0) is 13.0 Å². The molecule has 0 radical (unpaired) electrons. The van der Waals surface area contributed by atoms with Crippen molar-refractivity contribution in [2.45, 2.75) is 38.3 Å². The first-order valence-corrected chi connectivity index (χ1v) is 7.05. The van der Waals surface area contributed by atoms with Crippen molar-refractivity contribution in [3.8, 4) is 12.1 Å². The Bertz CT molecular complexity index is 704. The summed E-state index contributed by atoms with van der Waals surface area (Å²) in [6.07, 6.45) is 1.90. The first-order chi connectivity index (χ1) is 10.1. The molecule has 0 spiro atoms. The van der Waals surface area contributed by atoms with Gasteiger partial charge < -0.3 is 9.88 Å². The monoisotopic (exact) mass is 281 g/mol. The maximum Gasteiger partial charge on any atom is 0.124 e. The van der Waals surface area contributed by atoms with Crippen LogP contribution in [0.3, 0.4) is 0 Å². The highest BCUT2D eigenvalue weighted by atomic mass is 15.1. The van der Waals surface area contributed by atoms with Crippen LogP contribution in [0.25, 0.3) is 11.0 Å². The van der Waals surface area contributed by atoms with E-state index in [1.54, 1.807) is 7.05 Å². The molecule has 0 bridgehead atoms. The zero-order valence-corrected chi connectivity index (χ0v) is 12.4. The molecule has 5 nitrogen and oxygen atoms in total. The van der Waals surface area contributed by atoms with Crippen LogP contribution in [0.2, 0.25) is 0 Å². The van der Waals surface area contributed by atoms with Gasteiger partial charge in [-0.05, 0) is 38.9 Å². The second kappa shape index (κ2) is 6.39. The molecule has 108 valence electrons. The number of hydrogen-bond donors (Lipinski definition) is 1. The molecule has 1 aromatic carbocycles. The van der Waals surface area contributed by atoms with Crippen LogP contribution in [0.1, 0.15) is 25.6 Å². The van der Waals surface area contributed by atoms with Crippen LogP contribution in [0.15, 0.2) is 24.3 Å². The molecule has 1 atom stereocenters. The maximum atomic E-state index is 9.18. The molecule has 1 heterocycles. The number of rotatable bonds is 6. The van der Waals surface area contributed by atoms with Crippen molar-refractivity contribution in [1.82, 2.24) is 14.9 Å². The molecule has 0 fully saturated rings. The summed E-state index contributed by atoms with van der Waals surface area (Å²) >= 11 is 0. The van der Waals surface area contributed by atoms with Gasteiger partial charge in [-0.3, -0.25) is 0 Å². The second-order valence-electron chi connectivity index (χ2n) is 5.30. The van der Waals surface area contributed by atoms with Gasteiger partial charge in [0.05, 0.1) is 29.6 Å². The molecule has 0 saturated heterocycles. The van der Waals surface area contributed by atoms with Gasteiger partial charge in [0.1, 0.15) is 11.4 Å². The summed E-state index contributed by atoms with van der Waals surface area (Å²) in [5.74, 6) is 0.793. The van der Waals surface area contributed by atoms with E-state index in [2.05, 4.69) is 27.0 Å². The van der Waals surface area contributed by atoms with Gasteiger partial charge in [0.15, 0.2) is 0 Å². The summed E-state index contributed by atoms with van der Waals surface area (Å²) in [6, 6.07) is 12.4. The molecule has 2 rings (SSSR count). The summed E-state index contributed by atoms with van der Waals surface area (Å²) in [4.78, 5) is 4.52. The van der Waals surface area contributed by atoms with Crippen molar-refractivity contribution in [2.24, 2.45) is 0 Å². The summed E-state index contributed by atoms with van der Waals surface area (Å²) in [6.45, 7) is 2.66. The molecule has 1 N–H and O–H groups in total. The number of aryl methyl sites for hydroxylation is 1.